The summed E-state index contributed by atoms with van der Waals surface area (Å²) in [4.78, 5) is 18.0. The van der Waals surface area contributed by atoms with Gasteiger partial charge >= 0.3 is 5.97 Å². The summed E-state index contributed by atoms with van der Waals surface area (Å²) in [5.41, 5.74) is 2.42. The predicted molar refractivity (Wildman–Crippen MR) is 98.9 cm³/mol. The molecule has 5 nitrogen and oxygen atoms in total. The molecule has 25 heavy (non-hydrogen) atoms. The van der Waals surface area contributed by atoms with Gasteiger partial charge in [0.15, 0.2) is 0 Å². The number of hydrogen-bond donors (Lipinski definition) is 2. The Bertz CT molecular complexity index is 692. The van der Waals surface area contributed by atoms with Crippen LogP contribution in [0.15, 0.2) is 42.6 Å². The SMILES string of the molecule is O=C(O)c1cccc(CNCc2ccc(N3CCCCCC3)nc2)c1. The lowest BCUT2D eigenvalue weighted by Gasteiger charge is -2.21. The average molecular weight is 339 g/mol. The number of carbonyl (C=O) groups is 1. The van der Waals surface area contributed by atoms with Crippen LogP contribution < -0.4 is 10.2 Å². The monoisotopic (exact) mass is 339 g/mol. The zero-order valence-corrected chi connectivity index (χ0v) is 14.4. The molecule has 0 aliphatic carbocycles. The van der Waals surface area contributed by atoms with Crippen LogP contribution in [0.25, 0.3) is 0 Å². The van der Waals surface area contributed by atoms with Gasteiger partial charge in [-0.2, -0.15) is 0 Å². The molecule has 0 radical (unpaired) electrons. The first kappa shape index (κ1) is 17.4. The first-order valence-corrected chi connectivity index (χ1v) is 8.95. The Hall–Kier alpha value is -2.40. The molecule has 3 rings (SSSR count). The molecular weight excluding hydrogens is 314 g/mol. The number of pyridine rings is 1. The molecule has 0 atom stereocenters. The van der Waals surface area contributed by atoms with E-state index in [0.29, 0.717) is 18.7 Å². The molecule has 5 heteroatoms. The van der Waals surface area contributed by atoms with Crippen molar-refractivity contribution in [3.8, 4) is 0 Å². The molecule has 2 aromatic rings. The Labute approximate surface area is 148 Å². The van der Waals surface area contributed by atoms with Gasteiger partial charge in [-0.15, -0.1) is 0 Å². The van der Waals surface area contributed by atoms with Crippen LogP contribution in [-0.2, 0) is 13.1 Å². The van der Waals surface area contributed by atoms with Crippen LogP contribution >= 0.6 is 0 Å². The van der Waals surface area contributed by atoms with E-state index in [2.05, 4.69) is 27.3 Å². The number of carboxylic acids is 1. The second-order valence-corrected chi connectivity index (χ2v) is 6.53. The molecular formula is C20H25N3O2. The van der Waals surface area contributed by atoms with Crippen LogP contribution in [0.3, 0.4) is 0 Å². The van der Waals surface area contributed by atoms with E-state index in [-0.39, 0.29) is 0 Å². The number of carboxylic acid groups (broad SMARTS) is 1. The summed E-state index contributed by atoms with van der Waals surface area (Å²) in [6.07, 6.45) is 7.07. The number of nitrogens with zero attached hydrogens (tertiary/aromatic N) is 2. The van der Waals surface area contributed by atoms with Crippen molar-refractivity contribution in [2.24, 2.45) is 0 Å². The molecule has 0 unspecified atom stereocenters. The zero-order chi connectivity index (χ0) is 17.5. The van der Waals surface area contributed by atoms with E-state index < -0.39 is 5.97 Å². The quantitative estimate of drug-likeness (QED) is 0.844. The van der Waals surface area contributed by atoms with Gasteiger partial charge in [-0.3, -0.25) is 0 Å². The van der Waals surface area contributed by atoms with E-state index in [9.17, 15) is 4.79 Å². The molecule has 1 aliphatic heterocycles. The van der Waals surface area contributed by atoms with Crippen LogP contribution in [0.2, 0.25) is 0 Å². The van der Waals surface area contributed by atoms with Crippen LogP contribution in [0.4, 0.5) is 5.82 Å². The summed E-state index contributed by atoms with van der Waals surface area (Å²) in [6.45, 7) is 3.55. The summed E-state index contributed by atoms with van der Waals surface area (Å²) in [5.74, 6) is 0.176. The van der Waals surface area contributed by atoms with Crippen molar-refractivity contribution in [2.45, 2.75) is 38.8 Å². The summed E-state index contributed by atoms with van der Waals surface area (Å²) in [5, 5.41) is 12.4. The lowest BCUT2D eigenvalue weighted by atomic mass is 10.1. The van der Waals surface area contributed by atoms with E-state index in [1.165, 1.54) is 25.7 Å². The summed E-state index contributed by atoms with van der Waals surface area (Å²) >= 11 is 0. The minimum absolute atomic E-state index is 0.322. The van der Waals surface area contributed by atoms with Crippen molar-refractivity contribution in [2.75, 3.05) is 18.0 Å². The standard InChI is InChI=1S/C20H25N3O2/c24-20(25)18-7-5-6-16(12-18)13-21-14-17-8-9-19(22-15-17)23-10-3-1-2-4-11-23/h5-9,12,15,21H,1-4,10-11,13-14H2,(H,24,25). The molecule has 1 saturated heterocycles. The molecule has 1 fully saturated rings. The summed E-state index contributed by atoms with van der Waals surface area (Å²) in [7, 11) is 0. The maximum absolute atomic E-state index is 11.0. The smallest absolute Gasteiger partial charge is 0.335 e. The minimum Gasteiger partial charge on any atom is -0.478 e. The highest BCUT2D eigenvalue weighted by molar-refractivity contribution is 5.87. The highest BCUT2D eigenvalue weighted by atomic mass is 16.4. The Kier molecular flexibility index (Phi) is 6.01. The topological polar surface area (TPSA) is 65.5 Å². The van der Waals surface area contributed by atoms with Gasteiger partial charge in [-0.05, 0) is 42.2 Å². The van der Waals surface area contributed by atoms with Crippen molar-refractivity contribution >= 4 is 11.8 Å². The number of anilines is 1. The number of rotatable bonds is 6. The normalized spacial score (nSPS) is 15.0. The Morgan fingerprint density at radius 1 is 1.04 bits per heavy atom. The van der Waals surface area contributed by atoms with Gasteiger partial charge in [0.2, 0.25) is 0 Å². The molecule has 0 bridgehead atoms. The third-order valence-corrected chi connectivity index (χ3v) is 4.57. The van der Waals surface area contributed by atoms with Crippen LogP contribution in [0, 0.1) is 0 Å². The van der Waals surface area contributed by atoms with E-state index in [1.807, 2.05) is 12.3 Å². The number of aromatic carboxylic acids is 1. The second kappa shape index (κ2) is 8.62. The Balaban J connectivity index is 1.51. The van der Waals surface area contributed by atoms with E-state index in [0.717, 1.165) is 30.0 Å². The highest BCUT2D eigenvalue weighted by Gasteiger charge is 2.10. The summed E-state index contributed by atoms with van der Waals surface area (Å²) in [6, 6.07) is 11.2. The second-order valence-electron chi connectivity index (χ2n) is 6.53. The zero-order valence-electron chi connectivity index (χ0n) is 14.4. The van der Waals surface area contributed by atoms with Crippen LogP contribution in [0.1, 0.15) is 47.2 Å². The Morgan fingerprint density at radius 3 is 2.48 bits per heavy atom. The number of hydrogen-bond acceptors (Lipinski definition) is 4. The van der Waals surface area contributed by atoms with E-state index in [1.54, 1.807) is 18.2 Å². The fourth-order valence-electron chi connectivity index (χ4n) is 3.17. The molecule has 0 saturated carbocycles. The molecule has 2 N–H and O–H groups in total. The lowest BCUT2D eigenvalue weighted by Crippen LogP contribution is -2.24. The molecule has 0 amide bonds. The van der Waals surface area contributed by atoms with E-state index in [4.69, 9.17) is 5.11 Å². The minimum atomic E-state index is -0.893. The van der Waals surface area contributed by atoms with Crippen molar-refractivity contribution < 1.29 is 9.90 Å². The van der Waals surface area contributed by atoms with E-state index >= 15 is 0 Å². The molecule has 1 aromatic carbocycles. The molecule has 0 spiro atoms. The van der Waals surface area contributed by atoms with Crippen molar-refractivity contribution in [3.63, 3.8) is 0 Å². The van der Waals surface area contributed by atoms with Gasteiger partial charge in [0.05, 0.1) is 5.56 Å². The third-order valence-electron chi connectivity index (χ3n) is 4.57. The van der Waals surface area contributed by atoms with Crippen molar-refractivity contribution in [1.82, 2.24) is 10.3 Å². The maximum atomic E-state index is 11.0. The first-order chi connectivity index (χ1) is 12.2. The average Bonchev–Trinajstić information content (AvgIpc) is 2.92. The van der Waals surface area contributed by atoms with Gasteiger partial charge in [0.25, 0.3) is 0 Å². The third kappa shape index (κ3) is 5.03. The molecule has 2 heterocycles. The maximum Gasteiger partial charge on any atom is 0.335 e. The fraction of sp³-hybridized carbons (Fsp3) is 0.400. The predicted octanol–water partition coefficient (Wildman–Crippen LogP) is 3.45. The molecule has 1 aromatic heterocycles. The number of benzene rings is 1. The van der Waals surface area contributed by atoms with Gasteiger partial charge in [-0.1, -0.05) is 31.0 Å². The number of aromatic nitrogens is 1. The van der Waals surface area contributed by atoms with Crippen LogP contribution in [-0.4, -0.2) is 29.1 Å². The first-order valence-electron chi connectivity index (χ1n) is 8.95. The van der Waals surface area contributed by atoms with Gasteiger partial charge in [0, 0.05) is 32.4 Å². The highest BCUT2D eigenvalue weighted by Crippen LogP contribution is 2.17. The van der Waals surface area contributed by atoms with Crippen molar-refractivity contribution in [1.29, 1.82) is 0 Å². The molecule has 132 valence electrons. The largest absolute Gasteiger partial charge is 0.478 e. The lowest BCUT2D eigenvalue weighted by molar-refractivity contribution is 0.0696. The Morgan fingerprint density at radius 2 is 1.80 bits per heavy atom. The summed E-state index contributed by atoms with van der Waals surface area (Å²) < 4.78 is 0. The number of nitrogens with one attached hydrogen (secondary N) is 1. The van der Waals surface area contributed by atoms with Crippen LogP contribution in [0.5, 0.6) is 0 Å². The van der Waals surface area contributed by atoms with Gasteiger partial charge in [-0.25, -0.2) is 9.78 Å². The van der Waals surface area contributed by atoms with Gasteiger partial charge in [0.1, 0.15) is 5.82 Å². The fourth-order valence-corrected chi connectivity index (χ4v) is 3.17. The molecule has 1 aliphatic rings. The van der Waals surface area contributed by atoms with Crippen molar-refractivity contribution in [3.05, 3.63) is 59.3 Å². The van der Waals surface area contributed by atoms with Gasteiger partial charge < -0.3 is 15.3 Å².